The lowest BCUT2D eigenvalue weighted by Crippen LogP contribution is -2.42. The van der Waals surface area contributed by atoms with Crippen LogP contribution < -0.4 is 4.90 Å². The third-order valence-corrected chi connectivity index (χ3v) is 1.78. The van der Waals surface area contributed by atoms with Crippen molar-refractivity contribution in [2.75, 3.05) is 24.7 Å². The maximum atomic E-state index is 11.3. The minimum Gasteiger partial charge on any atom is -0.370 e. The fourth-order valence-corrected chi connectivity index (χ4v) is 1.16. The summed E-state index contributed by atoms with van der Waals surface area (Å²) in [5.41, 5.74) is 0. The molecule has 0 unspecified atom stereocenters. The van der Waals surface area contributed by atoms with Crippen LogP contribution in [0.4, 0.5) is 5.95 Å². The van der Waals surface area contributed by atoms with Gasteiger partial charge in [-0.2, -0.15) is 0 Å². The van der Waals surface area contributed by atoms with Crippen LogP contribution in [-0.2, 0) is 9.53 Å². The molecule has 0 radical (unpaired) electrons. The number of hydrogen-bond donors (Lipinski definition) is 0. The Bertz CT molecular complexity index is 302. The Morgan fingerprint density at radius 3 is 2.85 bits per heavy atom. The monoisotopic (exact) mass is 179 g/mol. The number of hydrogen-bond acceptors (Lipinski definition) is 4. The second-order valence-electron chi connectivity index (χ2n) is 2.65. The zero-order valence-electron chi connectivity index (χ0n) is 7.01. The molecular formula is C8H9N3O2. The minimum absolute atomic E-state index is 0.0857. The number of carbonyl (C=O) groups excluding carboxylic acids is 1. The zero-order valence-corrected chi connectivity index (χ0v) is 7.01. The van der Waals surface area contributed by atoms with Crippen molar-refractivity contribution in [1.29, 1.82) is 0 Å². The maximum absolute atomic E-state index is 11.3. The molecule has 0 saturated carbocycles. The Labute approximate surface area is 75.4 Å². The van der Waals surface area contributed by atoms with Crippen molar-refractivity contribution in [2.24, 2.45) is 0 Å². The van der Waals surface area contributed by atoms with Gasteiger partial charge in [-0.25, -0.2) is 9.97 Å². The molecule has 1 aliphatic heterocycles. The van der Waals surface area contributed by atoms with Crippen LogP contribution in [0.2, 0.25) is 0 Å². The smallest absolute Gasteiger partial charge is 0.255 e. The number of amides is 1. The predicted molar refractivity (Wildman–Crippen MR) is 45.2 cm³/mol. The van der Waals surface area contributed by atoms with Gasteiger partial charge in [-0.3, -0.25) is 9.69 Å². The van der Waals surface area contributed by atoms with Crippen molar-refractivity contribution in [3.8, 4) is 0 Å². The van der Waals surface area contributed by atoms with Crippen LogP contribution in [0.3, 0.4) is 0 Å². The van der Waals surface area contributed by atoms with Crippen molar-refractivity contribution in [3.05, 3.63) is 18.5 Å². The van der Waals surface area contributed by atoms with Crippen molar-refractivity contribution in [1.82, 2.24) is 9.97 Å². The van der Waals surface area contributed by atoms with Crippen molar-refractivity contribution < 1.29 is 9.53 Å². The molecule has 0 atom stereocenters. The zero-order chi connectivity index (χ0) is 9.10. The number of rotatable bonds is 1. The molecule has 13 heavy (non-hydrogen) atoms. The van der Waals surface area contributed by atoms with Gasteiger partial charge in [-0.1, -0.05) is 0 Å². The molecule has 5 nitrogen and oxygen atoms in total. The van der Waals surface area contributed by atoms with Crippen LogP contribution in [0.15, 0.2) is 18.5 Å². The first kappa shape index (κ1) is 8.12. The van der Waals surface area contributed by atoms with E-state index in [1.54, 1.807) is 18.5 Å². The van der Waals surface area contributed by atoms with E-state index in [9.17, 15) is 4.79 Å². The SMILES string of the molecule is O=C1COCCN1c1ncccn1. The average Bonchev–Trinajstić information content (AvgIpc) is 2.20. The molecule has 1 aromatic heterocycles. The molecule has 68 valence electrons. The number of carbonyl (C=O) groups is 1. The summed E-state index contributed by atoms with van der Waals surface area (Å²) in [5, 5.41) is 0. The first-order chi connectivity index (χ1) is 6.38. The lowest BCUT2D eigenvalue weighted by molar-refractivity contribution is -0.125. The lowest BCUT2D eigenvalue weighted by Gasteiger charge is -2.24. The Morgan fingerprint density at radius 2 is 2.15 bits per heavy atom. The largest absolute Gasteiger partial charge is 0.370 e. The molecule has 0 aliphatic carbocycles. The van der Waals surface area contributed by atoms with Gasteiger partial charge in [-0.15, -0.1) is 0 Å². The van der Waals surface area contributed by atoms with Crippen LogP contribution in [0, 0.1) is 0 Å². The molecule has 1 aromatic rings. The molecule has 0 bridgehead atoms. The first-order valence-electron chi connectivity index (χ1n) is 4.03. The summed E-state index contributed by atoms with van der Waals surface area (Å²) >= 11 is 0. The van der Waals surface area contributed by atoms with Gasteiger partial charge in [0.15, 0.2) is 0 Å². The number of anilines is 1. The van der Waals surface area contributed by atoms with Crippen LogP contribution in [0.25, 0.3) is 0 Å². The highest BCUT2D eigenvalue weighted by atomic mass is 16.5. The molecule has 0 N–H and O–H groups in total. The van der Waals surface area contributed by atoms with Crippen LogP contribution in [0.1, 0.15) is 0 Å². The van der Waals surface area contributed by atoms with E-state index < -0.39 is 0 Å². The van der Waals surface area contributed by atoms with Gasteiger partial charge in [-0.05, 0) is 6.07 Å². The number of ether oxygens (including phenoxy) is 1. The summed E-state index contributed by atoms with van der Waals surface area (Å²) in [5.74, 6) is 0.369. The van der Waals surface area contributed by atoms with Gasteiger partial charge < -0.3 is 4.74 Å². The Hall–Kier alpha value is -1.49. The Kier molecular flexibility index (Phi) is 2.18. The highest BCUT2D eigenvalue weighted by Crippen LogP contribution is 2.08. The maximum Gasteiger partial charge on any atom is 0.255 e. The third kappa shape index (κ3) is 1.65. The topological polar surface area (TPSA) is 55.3 Å². The van der Waals surface area contributed by atoms with E-state index in [0.717, 1.165) is 0 Å². The summed E-state index contributed by atoms with van der Waals surface area (Å²) < 4.78 is 4.99. The third-order valence-electron chi connectivity index (χ3n) is 1.78. The summed E-state index contributed by atoms with van der Waals surface area (Å²) in [6.07, 6.45) is 3.23. The van der Waals surface area contributed by atoms with Crippen molar-refractivity contribution >= 4 is 11.9 Å². The van der Waals surface area contributed by atoms with E-state index in [1.807, 2.05) is 0 Å². The second kappa shape index (κ2) is 3.49. The van der Waals surface area contributed by atoms with E-state index in [1.165, 1.54) is 4.90 Å². The predicted octanol–water partition coefficient (Wildman–Crippen LogP) is -0.160. The fraction of sp³-hybridized carbons (Fsp3) is 0.375. The molecule has 1 saturated heterocycles. The number of aromatic nitrogens is 2. The van der Waals surface area contributed by atoms with Gasteiger partial charge in [0.25, 0.3) is 5.91 Å². The van der Waals surface area contributed by atoms with E-state index in [-0.39, 0.29) is 12.5 Å². The lowest BCUT2D eigenvalue weighted by atomic mass is 10.4. The molecule has 1 amide bonds. The molecule has 5 heteroatoms. The highest BCUT2D eigenvalue weighted by Gasteiger charge is 2.21. The summed E-state index contributed by atoms with van der Waals surface area (Å²) in [6, 6.07) is 1.72. The minimum atomic E-state index is -0.0857. The number of morpholine rings is 1. The quantitative estimate of drug-likeness (QED) is 0.601. The summed E-state index contributed by atoms with van der Waals surface area (Å²) in [6.45, 7) is 1.20. The Morgan fingerprint density at radius 1 is 1.38 bits per heavy atom. The van der Waals surface area contributed by atoms with E-state index in [4.69, 9.17) is 4.74 Å². The van der Waals surface area contributed by atoms with Crippen LogP contribution in [0.5, 0.6) is 0 Å². The molecule has 2 rings (SSSR count). The number of nitrogens with zero attached hydrogens (tertiary/aromatic N) is 3. The van der Waals surface area contributed by atoms with Crippen LogP contribution in [-0.4, -0.2) is 35.6 Å². The molecular weight excluding hydrogens is 170 g/mol. The van der Waals surface area contributed by atoms with Gasteiger partial charge >= 0.3 is 0 Å². The second-order valence-corrected chi connectivity index (χ2v) is 2.65. The Balaban J connectivity index is 2.20. The van der Waals surface area contributed by atoms with E-state index >= 15 is 0 Å². The van der Waals surface area contributed by atoms with E-state index in [0.29, 0.717) is 19.1 Å². The average molecular weight is 179 g/mol. The molecule has 0 spiro atoms. The summed E-state index contributed by atoms with van der Waals surface area (Å²) in [7, 11) is 0. The van der Waals surface area contributed by atoms with Crippen molar-refractivity contribution in [2.45, 2.75) is 0 Å². The van der Waals surface area contributed by atoms with Gasteiger partial charge in [0, 0.05) is 12.4 Å². The standard InChI is InChI=1S/C8H9N3O2/c12-7-6-13-5-4-11(7)8-9-2-1-3-10-8/h1-3H,4-6H2. The normalized spacial score (nSPS) is 17.5. The van der Waals surface area contributed by atoms with Crippen molar-refractivity contribution in [3.63, 3.8) is 0 Å². The molecule has 1 fully saturated rings. The summed E-state index contributed by atoms with van der Waals surface area (Å²) in [4.78, 5) is 20.8. The molecule has 0 aromatic carbocycles. The van der Waals surface area contributed by atoms with Gasteiger partial charge in [0.2, 0.25) is 5.95 Å². The van der Waals surface area contributed by atoms with Gasteiger partial charge in [0.05, 0.1) is 13.2 Å². The molecule has 1 aliphatic rings. The first-order valence-corrected chi connectivity index (χ1v) is 4.03. The highest BCUT2D eigenvalue weighted by molar-refractivity contribution is 5.93. The van der Waals surface area contributed by atoms with E-state index in [2.05, 4.69) is 9.97 Å². The van der Waals surface area contributed by atoms with Crippen LogP contribution >= 0.6 is 0 Å². The van der Waals surface area contributed by atoms with Gasteiger partial charge in [0.1, 0.15) is 6.61 Å². The fourth-order valence-electron chi connectivity index (χ4n) is 1.16. The molecule has 2 heterocycles.